The number of carbonyl (C=O) groups excluding carboxylic acids is 2. The summed E-state index contributed by atoms with van der Waals surface area (Å²) in [6.45, 7) is 2.27. The molecule has 0 spiro atoms. The number of benzene rings is 2. The van der Waals surface area contributed by atoms with Crippen molar-refractivity contribution in [3.05, 3.63) is 60.2 Å². The van der Waals surface area contributed by atoms with Crippen molar-refractivity contribution in [2.75, 3.05) is 19.9 Å². The van der Waals surface area contributed by atoms with E-state index < -0.39 is 6.04 Å². The summed E-state index contributed by atoms with van der Waals surface area (Å²) in [4.78, 5) is 28.0. The lowest BCUT2D eigenvalue weighted by atomic mass is 10.1. The van der Waals surface area contributed by atoms with Gasteiger partial charge in [-0.25, -0.2) is 0 Å². The highest BCUT2D eigenvalue weighted by Gasteiger charge is 2.28. The Balaban J connectivity index is 2.19. The van der Waals surface area contributed by atoms with Crippen LogP contribution in [-0.4, -0.2) is 42.7 Å². The number of nitrogens with one attached hydrogen (secondary N) is 1. The van der Waals surface area contributed by atoms with Gasteiger partial charge in [0.25, 0.3) is 0 Å². The Hall–Kier alpha value is -2.47. The van der Waals surface area contributed by atoms with E-state index in [2.05, 4.69) is 5.32 Å². The Morgan fingerprint density at radius 2 is 1.89 bits per heavy atom. The average Bonchev–Trinajstić information content (AvgIpc) is 2.72. The number of hydrogen-bond donors (Lipinski definition) is 1. The van der Waals surface area contributed by atoms with Gasteiger partial charge in [0, 0.05) is 18.5 Å². The van der Waals surface area contributed by atoms with Crippen molar-refractivity contribution in [1.82, 2.24) is 10.2 Å². The molecular weight excluding hydrogens is 360 g/mol. The Morgan fingerprint density at radius 3 is 2.52 bits per heavy atom. The van der Waals surface area contributed by atoms with E-state index in [4.69, 9.17) is 4.74 Å². The van der Waals surface area contributed by atoms with Crippen molar-refractivity contribution in [3.8, 4) is 5.75 Å². The molecular formula is C21H26N2O3S. The fourth-order valence-electron chi connectivity index (χ4n) is 2.80. The zero-order valence-electron chi connectivity index (χ0n) is 16.0. The summed E-state index contributed by atoms with van der Waals surface area (Å²) >= 11 is 1.47. The second-order valence-corrected chi connectivity index (χ2v) is 7.06. The normalized spacial score (nSPS) is 11.5. The van der Waals surface area contributed by atoms with Gasteiger partial charge in [0.2, 0.25) is 11.8 Å². The minimum Gasteiger partial charge on any atom is -0.497 e. The molecule has 6 heteroatoms. The van der Waals surface area contributed by atoms with Crippen LogP contribution in [0.4, 0.5) is 0 Å². The lowest BCUT2D eigenvalue weighted by molar-refractivity contribution is -0.139. The van der Waals surface area contributed by atoms with E-state index in [0.29, 0.717) is 13.0 Å². The number of methoxy groups -OCH3 is 1. The summed E-state index contributed by atoms with van der Waals surface area (Å²) < 4.78 is 5.27. The molecule has 0 aromatic heterocycles. The van der Waals surface area contributed by atoms with Crippen LogP contribution in [0, 0.1) is 0 Å². The Kier molecular flexibility index (Phi) is 8.20. The molecule has 0 aliphatic rings. The van der Waals surface area contributed by atoms with E-state index in [1.807, 2.05) is 61.5 Å². The molecule has 0 fully saturated rings. The number of thioether (sulfide) groups is 1. The third-order valence-electron chi connectivity index (χ3n) is 4.22. The first-order valence-electron chi connectivity index (χ1n) is 8.90. The molecule has 144 valence electrons. The number of nitrogens with zero attached hydrogens (tertiary/aromatic N) is 1. The lowest BCUT2D eigenvalue weighted by Gasteiger charge is -2.30. The molecule has 0 heterocycles. The fraction of sp³-hybridized carbons (Fsp3) is 0.333. The number of amides is 2. The summed E-state index contributed by atoms with van der Waals surface area (Å²) in [6, 6.07) is 16.8. The summed E-state index contributed by atoms with van der Waals surface area (Å²) in [7, 11) is 3.20. The molecule has 1 N–H and O–H groups in total. The second-order valence-electron chi connectivity index (χ2n) is 6.01. The maximum absolute atomic E-state index is 13.0. The summed E-state index contributed by atoms with van der Waals surface area (Å²) in [5.74, 6) is 0.786. The number of rotatable bonds is 9. The zero-order valence-corrected chi connectivity index (χ0v) is 16.8. The van der Waals surface area contributed by atoms with Crippen LogP contribution in [0.3, 0.4) is 0 Å². The monoisotopic (exact) mass is 386 g/mol. The molecule has 0 saturated carbocycles. The van der Waals surface area contributed by atoms with E-state index in [9.17, 15) is 9.59 Å². The van der Waals surface area contributed by atoms with Crippen LogP contribution >= 0.6 is 11.8 Å². The molecule has 0 aliphatic heterocycles. The topological polar surface area (TPSA) is 58.6 Å². The molecule has 1 atom stereocenters. The smallest absolute Gasteiger partial charge is 0.242 e. The van der Waals surface area contributed by atoms with Crippen LogP contribution in [0.2, 0.25) is 0 Å². The van der Waals surface area contributed by atoms with E-state index in [1.54, 1.807) is 19.1 Å². The second kappa shape index (κ2) is 10.6. The van der Waals surface area contributed by atoms with Crippen LogP contribution in [0.1, 0.15) is 18.9 Å². The van der Waals surface area contributed by atoms with E-state index in [0.717, 1.165) is 16.2 Å². The standard InChI is InChI=1S/C21H26N2O3S/c1-4-19(21(25)22-2)23(14-16-9-8-10-17(13-16)26-3)20(24)15-27-18-11-6-5-7-12-18/h5-13,19H,4,14-15H2,1-3H3,(H,22,25). The summed E-state index contributed by atoms with van der Waals surface area (Å²) in [5.41, 5.74) is 0.926. The predicted molar refractivity (Wildman–Crippen MR) is 109 cm³/mol. The van der Waals surface area contributed by atoms with Gasteiger partial charge in [-0.05, 0) is 36.2 Å². The van der Waals surface area contributed by atoms with Gasteiger partial charge in [0.15, 0.2) is 0 Å². The SMILES string of the molecule is CCC(C(=O)NC)N(Cc1cccc(OC)c1)C(=O)CSc1ccccc1. The molecule has 2 aromatic carbocycles. The van der Waals surface area contributed by atoms with Gasteiger partial charge in [-0.3, -0.25) is 9.59 Å². The van der Waals surface area contributed by atoms with Crippen LogP contribution in [0.5, 0.6) is 5.75 Å². The average molecular weight is 387 g/mol. The van der Waals surface area contributed by atoms with Crippen LogP contribution in [0.15, 0.2) is 59.5 Å². The first-order valence-corrected chi connectivity index (χ1v) is 9.89. The highest BCUT2D eigenvalue weighted by atomic mass is 32.2. The summed E-state index contributed by atoms with van der Waals surface area (Å²) in [6.07, 6.45) is 0.547. The molecule has 0 saturated heterocycles. The highest BCUT2D eigenvalue weighted by Crippen LogP contribution is 2.21. The van der Waals surface area contributed by atoms with Crippen molar-refractivity contribution in [2.45, 2.75) is 30.8 Å². The summed E-state index contributed by atoms with van der Waals surface area (Å²) in [5, 5.41) is 2.67. The van der Waals surface area contributed by atoms with Crippen LogP contribution < -0.4 is 10.1 Å². The molecule has 5 nitrogen and oxygen atoms in total. The van der Waals surface area contributed by atoms with Crippen molar-refractivity contribution < 1.29 is 14.3 Å². The van der Waals surface area contributed by atoms with Crippen molar-refractivity contribution in [1.29, 1.82) is 0 Å². The first kappa shape index (κ1) is 20.8. The van der Waals surface area contributed by atoms with Crippen LogP contribution in [-0.2, 0) is 16.1 Å². The minimum atomic E-state index is -0.509. The molecule has 0 bridgehead atoms. The van der Waals surface area contributed by atoms with E-state index >= 15 is 0 Å². The predicted octanol–water partition coefficient (Wildman–Crippen LogP) is 3.34. The van der Waals surface area contributed by atoms with Gasteiger partial charge in [0.05, 0.1) is 12.9 Å². The largest absolute Gasteiger partial charge is 0.497 e. The first-order chi connectivity index (χ1) is 13.1. The maximum atomic E-state index is 13.0. The Labute approximate surface area is 165 Å². The van der Waals surface area contributed by atoms with Crippen molar-refractivity contribution in [2.24, 2.45) is 0 Å². The molecule has 27 heavy (non-hydrogen) atoms. The molecule has 0 aliphatic carbocycles. The zero-order chi connectivity index (χ0) is 19.6. The third kappa shape index (κ3) is 6.03. The maximum Gasteiger partial charge on any atom is 0.242 e. The van der Waals surface area contributed by atoms with Crippen LogP contribution in [0.25, 0.3) is 0 Å². The number of carbonyl (C=O) groups is 2. The van der Waals surface area contributed by atoms with Crippen molar-refractivity contribution in [3.63, 3.8) is 0 Å². The Bertz CT molecular complexity index is 752. The minimum absolute atomic E-state index is 0.0675. The molecule has 2 aromatic rings. The van der Waals surface area contributed by atoms with Gasteiger partial charge in [-0.15, -0.1) is 11.8 Å². The van der Waals surface area contributed by atoms with Gasteiger partial charge in [0.1, 0.15) is 11.8 Å². The number of hydrogen-bond acceptors (Lipinski definition) is 4. The van der Waals surface area contributed by atoms with Gasteiger partial charge >= 0.3 is 0 Å². The number of ether oxygens (including phenoxy) is 1. The van der Waals surface area contributed by atoms with Gasteiger partial charge < -0.3 is 15.0 Å². The fourth-order valence-corrected chi connectivity index (χ4v) is 3.60. The molecule has 1 unspecified atom stereocenters. The quantitative estimate of drug-likeness (QED) is 0.672. The number of likely N-dealkylation sites (N-methyl/N-ethyl adjacent to an activating group) is 1. The Morgan fingerprint density at radius 1 is 1.15 bits per heavy atom. The van der Waals surface area contributed by atoms with Crippen molar-refractivity contribution >= 4 is 23.6 Å². The third-order valence-corrected chi connectivity index (χ3v) is 5.22. The van der Waals surface area contributed by atoms with E-state index in [-0.39, 0.29) is 17.6 Å². The van der Waals surface area contributed by atoms with Gasteiger partial charge in [-0.2, -0.15) is 0 Å². The highest BCUT2D eigenvalue weighted by molar-refractivity contribution is 8.00. The molecule has 2 amide bonds. The molecule has 0 radical (unpaired) electrons. The van der Waals surface area contributed by atoms with E-state index in [1.165, 1.54) is 11.8 Å². The molecule has 2 rings (SSSR count). The lowest BCUT2D eigenvalue weighted by Crippen LogP contribution is -2.48. The van der Waals surface area contributed by atoms with Gasteiger partial charge in [-0.1, -0.05) is 37.3 Å².